The Kier molecular flexibility index (Phi) is 5.67. The van der Waals surface area contributed by atoms with Crippen LogP contribution in [0.15, 0.2) is 10.7 Å². The first-order chi connectivity index (χ1) is 9.54. The zero-order valence-corrected chi connectivity index (χ0v) is 14.8. The molecule has 1 heterocycles. The molecule has 0 amide bonds. The van der Waals surface area contributed by atoms with E-state index < -0.39 is 0 Å². The molecule has 0 bridgehead atoms. The molecule has 1 atom stereocenters. The fourth-order valence-corrected chi connectivity index (χ4v) is 4.22. The lowest BCUT2D eigenvalue weighted by molar-refractivity contribution is 0.186. The lowest BCUT2D eigenvalue weighted by Crippen LogP contribution is -2.33. The average Bonchev–Trinajstić information content (AvgIpc) is 2.76. The third-order valence-corrected chi connectivity index (χ3v) is 5.50. The topological polar surface area (TPSA) is 29.9 Å². The normalized spacial score (nSPS) is 25.1. The van der Waals surface area contributed by atoms with Gasteiger partial charge in [-0.1, -0.05) is 20.8 Å². The fourth-order valence-electron chi connectivity index (χ4n) is 3.62. The Hall–Kier alpha value is -0.350. The van der Waals surface area contributed by atoms with E-state index in [9.17, 15) is 0 Å². The third kappa shape index (κ3) is 3.45. The highest BCUT2D eigenvalue weighted by atomic mass is 79.9. The largest absolute Gasteiger partial charge is 0.309 e. The predicted octanol–water partition coefficient (Wildman–Crippen LogP) is 4.30. The van der Waals surface area contributed by atoms with E-state index in [2.05, 4.69) is 47.1 Å². The molecule has 2 rings (SSSR count). The SMILES string of the molecule is CCNC(c1c(Br)cnn1C)C1CCC(C(C)C)CC1. The molecule has 1 aliphatic carbocycles. The zero-order chi connectivity index (χ0) is 14.7. The van der Waals surface area contributed by atoms with E-state index in [1.165, 1.54) is 31.4 Å². The number of rotatable bonds is 5. The van der Waals surface area contributed by atoms with Gasteiger partial charge in [0.2, 0.25) is 0 Å². The summed E-state index contributed by atoms with van der Waals surface area (Å²) in [5.41, 5.74) is 1.31. The summed E-state index contributed by atoms with van der Waals surface area (Å²) in [5, 5.41) is 8.08. The maximum Gasteiger partial charge on any atom is 0.0695 e. The smallest absolute Gasteiger partial charge is 0.0695 e. The van der Waals surface area contributed by atoms with Crippen LogP contribution in [0.3, 0.4) is 0 Å². The van der Waals surface area contributed by atoms with Gasteiger partial charge in [0.1, 0.15) is 0 Å². The van der Waals surface area contributed by atoms with Crippen LogP contribution >= 0.6 is 15.9 Å². The van der Waals surface area contributed by atoms with Gasteiger partial charge in [-0.25, -0.2) is 0 Å². The van der Waals surface area contributed by atoms with E-state index in [-0.39, 0.29) is 0 Å². The Morgan fingerprint density at radius 2 is 1.90 bits per heavy atom. The van der Waals surface area contributed by atoms with Crippen LogP contribution in [0.2, 0.25) is 0 Å². The number of hydrogen-bond donors (Lipinski definition) is 1. The molecule has 0 aromatic carbocycles. The first-order valence-electron chi connectivity index (χ1n) is 7.95. The average molecular weight is 342 g/mol. The molecule has 1 unspecified atom stereocenters. The number of halogens is 1. The van der Waals surface area contributed by atoms with Crippen LogP contribution in [-0.4, -0.2) is 16.3 Å². The van der Waals surface area contributed by atoms with Crippen molar-refractivity contribution in [1.29, 1.82) is 0 Å². The second kappa shape index (κ2) is 7.08. The summed E-state index contributed by atoms with van der Waals surface area (Å²) >= 11 is 3.67. The molecule has 20 heavy (non-hydrogen) atoms. The Labute approximate surface area is 131 Å². The predicted molar refractivity (Wildman–Crippen MR) is 87.6 cm³/mol. The third-order valence-electron chi connectivity index (χ3n) is 4.89. The second-order valence-electron chi connectivity index (χ2n) is 6.46. The van der Waals surface area contributed by atoms with Crippen molar-refractivity contribution in [3.8, 4) is 0 Å². The lowest BCUT2D eigenvalue weighted by Gasteiger charge is -2.36. The van der Waals surface area contributed by atoms with Gasteiger partial charge in [0, 0.05) is 7.05 Å². The fraction of sp³-hybridized carbons (Fsp3) is 0.812. The summed E-state index contributed by atoms with van der Waals surface area (Å²) in [6.07, 6.45) is 7.33. The summed E-state index contributed by atoms with van der Waals surface area (Å²) in [5.74, 6) is 2.48. The Morgan fingerprint density at radius 1 is 1.30 bits per heavy atom. The Balaban J connectivity index is 2.11. The van der Waals surface area contributed by atoms with Crippen molar-refractivity contribution < 1.29 is 0 Å². The first-order valence-corrected chi connectivity index (χ1v) is 8.74. The van der Waals surface area contributed by atoms with E-state index in [1.54, 1.807) is 0 Å². The summed E-state index contributed by atoms with van der Waals surface area (Å²) in [7, 11) is 2.05. The van der Waals surface area contributed by atoms with E-state index in [0.717, 1.165) is 28.8 Å². The standard InChI is InChI=1S/C16H28BrN3/c1-5-18-15(16-14(17)10-19-20(16)4)13-8-6-12(7-9-13)11(2)3/h10-13,15,18H,5-9H2,1-4H3. The molecule has 0 radical (unpaired) electrons. The molecule has 1 aromatic rings. The van der Waals surface area contributed by atoms with Gasteiger partial charge in [-0.3, -0.25) is 4.68 Å². The van der Waals surface area contributed by atoms with E-state index in [0.29, 0.717) is 6.04 Å². The molecule has 0 spiro atoms. The Bertz CT molecular complexity index is 400. The van der Waals surface area contributed by atoms with Gasteiger partial charge in [-0.2, -0.15) is 5.10 Å². The quantitative estimate of drug-likeness (QED) is 0.865. The van der Waals surface area contributed by atoms with Gasteiger partial charge in [-0.15, -0.1) is 0 Å². The van der Waals surface area contributed by atoms with Crippen molar-refractivity contribution in [3.05, 3.63) is 16.4 Å². The summed E-state index contributed by atoms with van der Waals surface area (Å²) in [4.78, 5) is 0. The summed E-state index contributed by atoms with van der Waals surface area (Å²) in [6.45, 7) is 7.93. The van der Waals surface area contributed by atoms with Gasteiger partial charge >= 0.3 is 0 Å². The van der Waals surface area contributed by atoms with Gasteiger partial charge in [-0.05, 0) is 65.9 Å². The molecule has 1 fully saturated rings. The minimum absolute atomic E-state index is 0.426. The zero-order valence-electron chi connectivity index (χ0n) is 13.2. The number of nitrogens with one attached hydrogen (secondary N) is 1. The maximum atomic E-state index is 4.39. The molecule has 114 valence electrons. The molecule has 3 nitrogen and oxygen atoms in total. The van der Waals surface area contributed by atoms with Crippen LogP contribution in [0.25, 0.3) is 0 Å². The highest BCUT2D eigenvalue weighted by Crippen LogP contribution is 2.40. The van der Waals surface area contributed by atoms with Crippen LogP contribution in [-0.2, 0) is 7.05 Å². The Morgan fingerprint density at radius 3 is 2.35 bits per heavy atom. The minimum atomic E-state index is 0.426. The van der Waals surface area contributed by atoms with Crippen molar-refractivity contribution in [2.45, 2.75) is 52.5 Å². The van der Waals surface area contributed by atoms with Gasteiger partial charge in [0.15, 0.2) is 0 Å². The van der Waals surface area contributed by atoms with Gasteiger partial charge in [0.05, 0.1) is 22.4 Å². The van der Waals surface area contributed by atoms with Crippen molar-refractivity contribution in [1.82, 2.24) is 15.1 Å². The van der Waals surface area contributed by atoms with E-state index in [1.807, 2.05) is 17.9 Å². The van der Waals surface area contributed by atoms with E-state index in [4.69, 9.17) is 0 Å². The lowest BCUT2D eigenvalue weighted by atomic mass is 9.74. The number of aryl methyl sites for hydroxylation is 1. The molecule has 0 saturated heterocycles. The second-order valence-corrected chi connectivity index (χ2v) is 7.31. The maximum absolute atomic E-state index is 4.39. The van der Waals surface area contributed by atoms with E-state index >= 15 is 0 Å². The summed E-state index contributed by atoms with van der Waals surface area (Å²) < 4.78 is 3.16. The molecule has 1 N–H and O–H groups in total. The molecule has 4 heteroatoms. The van der Waals surface area contributed by atoms with Crippen LogP contribution in [0.4, 0.5) is 0 Å². The first kappa shape index (κ1) is 16.0. The number of hydrogen-bond acceptors (Lipinski definition) is 2. The number of aromatic nitrogens is 2. The van der Waals surface area contributed by atoms with Crippen molar-refractivity contribution in [3.63, 3.8) is 0 Å². The highest BCUT2D eigenvalue weighted by Gasteiger charge is 2.31. The molecular formula is C16H28BrN3. The van der Waals surface area contributed by atoms with Gasteiger partial charge < -0.3 is 5.32 Å². The monoisotopic (exact) mass is 341 g/mol. The van der Waals surface area contributed by atoms with Crippen LogP contribution in [0, 0.1) is 17.8 Å². The van der Waals surface area contributed by atoms with Crippen molar-refractivity contribution >= 4 is 15.9 Å². The molecule has 0 aliphatic heterocycles. The molecular weight excluding hydrogens is 314 g/mol. The van der Waals surface area contributed by atoms with Crippen LogP contribution < -0.4 is 5.32 Å². The van der Waals surface area contributed by atoms with Crippen molar-refractivity contribution in [2.75, 3.05) is 6.54 Å². The van der Waals surface area contributed by atoms with Crippen molar-refractivity contribution in [2.24, 2.45) is 24.8 Å². The minimum Gasteiger partial charge on any atom is -0.309 e. The highest BCUT2D eigenvalue weighted by molar-refractivity contribution is 9.10. The molecule has 1 aliphatic rings. The molecule has 1 aromatic heterocycles. The summed E-state index contributed by atoms with van der Waals surface area (Å²) in [6, 6.07) is 0.426. The van der Waals surface area contributed by atoms with Crippen LogP contribution in [0.5, 0.6) is 0 Å². The van der Waals surface area contributed by atoms with Crippen LogP contribution in [0.1, 0.15) is 58.2 Å². The van der Waals surface area contributed by atoms with Gasteiger partial charge in [0.25, 0.3) is 0 Å². The number of nitrogens with zero attached hydrogens (tertiary/aromatic N) is 2. The molecule has 1 saturated carbocycles.